The zero-order valence-corrected chi connectivity index (χ0v) is 21.2. The summed E-state index contributed by atoms with van der Waals surface area (Å²) in [5.74, 6) is 2.38. The third-order valence-corrected chi connectivity index (χ3v) is 6.73. The Labute approximate surface area is 225 Å². The molecule has 0 amide bonds. The molecule has 9 heteroatoms. The van der Waals surface area contributed by atoms with E-state index in [0.717, 1.165) is 40.7 Å². The van der Waals surface area contributed by atoms with Crippen molar-refractivity contribution in [2.45, 2.75) is 25.5 Å². The molecule has 0 radical (unpaired) electrons. The molecule has 3 aromatic carbocycles. The molecule has 3 heterocycles. The van der Waals surface area contributed by atoms with Gasteiger partial charge in [0.15, 0.2) is 11.3 Å². The van der Waals surface area contributed by atoms with Crippen LogP contribution < -0.4 is 15.2 Å². The Morgan fingerprint density at radius 3 is 2.56 bits per heavy atom. The average molecular weight is 519 g/mol. The number of nitrogen functional groups attached to an aromatic ring is 1. The second-order valence-corrected chi connectivity index (χ2v) is 9.22. The number of fused-ring (bicyclic) bond motifs is 1. The number of nitrogens with two attached hydrogens (primary N) is 1. The van der Waals surface area contributed by atoms with Crippen molar-refractivity contribution in [1.82, 2.24) is 19.7 Å². The fraction of sp³-hybridized carbons (Fsp3) is 0.200. The van der Waals surface area contributed by atoms with Crippen molar-refractivity contribution >= 4 is 22.5 Å². The van der Waals surface area contributed by atoms with Crippen molar-refractivity contribution in [2.75, 3.05) is 18.9 Å². The summed E-state index contributed by atoms with van der Waals surface area (Å²) >= 11 is 0. The highest BCUT2D eigenvalue weighted by molar-refractivity contribution is 5.98. The molecule has 39 heavy (non-hydrogen) atoms. The van der Waals surface area contributed by atoms with Crippen LogP contribution in [0, 0.1) is 6.57 Å². The van der Waals surface area contributed by atoms with Gasteiger partial charge in [0.2, 0.25) is 0 Å². The highest BCUT2D eigenvalue weighted by Crippen LogP contribution is 2.35. The van der Waals surface area contributed by atoms with Gasteiger partial charge in [0, 0.05) is 24.8 Å². The Kier molecular flexibility index (Phi) is 6.76. The van der Waals surface area contributed by atoms with Gasteiger partial charge in [0.1, 0.15) is 41.7 Å². The third-order valence-electron chi connectivity index (χ3n) is 6.73. The molecule has 194 valence electrons. The predicted molar refractivity (Wildman–Crippen MR) is 148 cm³/mol. The van der Waals surface area contributed by atoms with Crippen LogP contribution in [-0.4, -0.2) is 33.0 Å². The number of nitrogens with zero attached hydrogens (tertiary/aromatic N) is 5. The van der Waals surface area contributed by atoms with Crippen LogP contribution in [0.25, 0.3) is 27.1 Å². The molecule has 5 aromatic rings. The molecule has 0 atom stereocenters. The minimum atomic E-state index is 0.205. The van der Waals surface area contributed by atoms with Gasteiger partial charge in [-0.2, -0.15) is 5.10 Å². The van der Waals surface area contributed by atoms with Crippen molar-refractivity contribution in [2.24, 2.45) is 0 Å². The monoisotopic (exact) mass is 518 g/mol. The minimum Gasteiger partial charge on any atom is -0.490 e. The average Bonchev–Trinajstić information content (AvgIpc) is 3.38. The van der Waals surface area contributed by atoms with E-state index in [9.17, 15) is 0 Å². The van der Waals surface area contributed by atoms with E-state index >= 15 is 0 Å². The molecule has 1 aliphatic rings. The molecule has 0 spiro atoms. The lowest BCUT2D eigenvalue weighted by molar-refractivity contribution is 0.0674. The molecule has 0 saturated carbocycles. The van der Waals surface area contributed by atoms with E-state index in [0.29, 0.717) is 48.6 Å². The molecule has 1 saturated heterocycles. The standard InChI is InChI=1S/C30H26N6O3/c1-32-26-8-3-2-5-21(26)18-38-24-6-4-7-25(17-24)39-23-11-9-20(10-12-23)28-27-29(31)33-19-34-30(27)36(35-28)22-13-15-37-16-14-22/h2-12,17,19,22H,13-16,18H2,(H2,31,33,34). The second kappa shape index (κ2) is 10.8. The lowest BCUT2D eigenvalue weighted by Gasteiger charge is -2.22. The number of anilines is 1. The summed E-state index contributed by atoms with van der Waals surface area (Å²) in [7, 11) is 0. The molecule has 1 aliphatic heterocycles. The van der Waals surface area contributed by atoms with Crippen LogP contribution in [0.5, 0.6) is 17.2 Å². The van der Waals surface area contributed by atoms with E-state index in [2.05, 4.69) is 14.8 Å². The Morgan fingerprint density at radius 2 is 1.74 bits per heavy atom. The van der Waals surface area contributed by atoms with Gasteiger partial charge in [0.05, 0.1) is 18.0 Å². The van der Waals surface area contributed by atoms with E-state index in [4.69, 9.17) is 31.6 Å². The van der Waals surface area contributed by atoms with Gasteiger partial charge in [-0.05, 0) is 54.8 Å². The molecule has 0 aliphatic carbocycles. The summed E-state index contributed by atoms with van der Waals surface area (Å²) in [6, 6.07) is 22.8. The highest BCUT2D eigenvalue weighted by Gasteiger charge is 2.24. The fourth-order valence-electron chi connectivity index (χ4n) is 4.73. The smallest absolute Gasteiger partial charge is 0.193 e. The molecule has 9 nitrogen and oxygen atoms in total. The van der Waals surface area contributed by atoms with Crippen molar-refractivity contribution in [3.63, 3.8) is 0 Å². The fourth-order valence-corrected chi connectivity index (χ4v) is 4.73. The van der Waals surface area contributed by atoms with Crippen molar-refractivity contribution in [1.29, 1.82) is 0 Å². The molecule has 6 rings (SSSR count). The summed E-state index contributed by atoms with van der Waals surface area (Å²) in [5.41, 5.74) is 10.1. The van der Waals surface area contributed by atoms with Gasteiger partial charge >= 0.3 is 0 Å². The first-order chi connectivity index (χ1) is 19.2. The van der Waals surface area contributed by atoms with Gasteiger partial charge < -0.3 is 19.9 Å². The lowest BCUT2D eigenvalue weighted by atomic mass is 10.1. The van der Waals surface area contributed by atoms with E-state index in [-0.39, 0.29) is 6.04 Å². The largest absolute Gasteiger partial charge is 0.490 e. The molecular weight excluding hydrogens is 492 g/mol. The first-order valence-corrected chi connectivity index (χ1v) is 12.7. The second-order valence-electron chi connectivity index (χ2n) is 9.22. The molecule has 0 bridgehead atoms. The quantitative estimate of drug-likeness (QED) is 0.251. The summed E-state index contributed by atoms with van der Waals surface area (Å²) in [6.07, 6.45) is 3.24. The van der Waals surface area contributed by atoms with Gasteiger partial charge in [-0.25, -0.2) is 19.5 Å². The molecule has 0 unspecified atom stereocenters. The van der Waals surface area contributed by atoms with Gasteiger partial charge in [-0.1, -0.05) is 30.3 Å². The van der Waals surface area contributed by atoms with Gasteiger partial charge in [-0.15, -0.1) is 0 Å². The van der Waals surface area contributed by atoms with E-state index in [1.807, 2.05) is 71.4 Å². The van der Waals surface area contributed by atoms with Crippen LogP contribution in [0.1, 0.15) is 24.4 Å². The Morgan fingerprint density at radius 1 is 0.949 bits per heavy atom. The number of ether oxygens (including phenoxy) is 3. The van der Waals surface area contributed by atoms with Crippen LogP contribution >= 0.6 is 0 Å². The lowest BCUT2D eigenvalue weighted by Crippen LogP contribution is -2.20. The van der Waals surface area contributed by atoms with Crippen molar-refractivity contribution in [3.8, 4) is 28.5 Å². The Balaban J connectivity index is 1.21. The summed E-state index contributed by atoms with van der Waals surface area (Å²) in [4.78, 5) is 12.3. The Bertz CT molecular complexity index is 1650. The number of rotatable bonds is 7. The molecule has 2 aromatic heterocycles. The van der Waals surface area contributed by atoms with Crippen LogP contribution in [-0.2, 0) is 11.3 Å². The van der Waals surface area contributed by atoms with Crippen LogP contribution in [0.15, 0.2) is 79.1 Å². The van der Waals surface area contributed by atoms with Crippen LogP contribution in [0.4, 0.5) is 11.5 Å². The highest BCUT2D eigenvalue weighted by atomic mass is 16.5. The molecular formula is C30H26N6O3. The maximum absolute atomic E-state index is 7.32. The topological polar surface area (TPSA) is 102 Å². The van der Waals surface area contributed by atoms with Gasteiger partial charge in [-0.3, -0.25) is 0 Å². The third kappa shape index (κ3) is 5.10. The number of para-hydroxylation sites is 1. The maximum Gasteiger partial charge on any atom is 0.193 e. The number of hydrogen-bond acceptors (Lipinski definition) is 7. The number of hydrogen-bond donors (Lipinski definition) is 1. The van der Waals surface area contributed by atoms with Crippen molar-refractivity contribution < 1.29 is 14.2 Å². The predicted octanol–water partition coefficient (Wildman–Crippen LogP) is 6.35. The van der Waals surface area contributed by atoms with Crippen LogP contribution in [0.2, 0.25) is 0 Å². The zero-order valence-electron chi connectivity index (χ0n) is 21.2. The molecule has 2 N–H and O–H groups in total. The SMILES string of the molecule is [C-]#[N+]c1ccccc1COc1cccc(Oc2ccc(-c3nn(C4CCOCC4)c4ncnc(N)c34)cc2)c1. The first-order valence-electron chi connectivity index (χ1n) is 12.7. The maximum atomic E-state index is 7.32. The summed E-state index contributed by atoms with van der Waals surface area (Å²) < 4.78 is 19.5. The van der Waals surface area contributed by atoms with E-state index in [1.54, 1.807) is 6.07 Å². The zero-order chi connectivity index (χ0) is 26.6. The normalized spacial score (nSPS) is 13.7. The first kappa shape index (κ1) is 24.4. The van der Waals surface area contributed by atoms with Gasteiger partial charge in [0.25, 0.3) is 0 Å². The van der Waals surface area contributed by atoms with E-state index in [1.165, 1.54) is 6.33 Å². The van der Waals surface area contributed by atoms with Crippen LogP contribution in [0.3, 0.4) is 0 Å². The summed E-state index contributed by atoms with van der Waals surface area (Å²) in [5, 5.41) is 5.68. The number of benzene rings is 3. The number of aromatic nitrogens is 4. The summed E-state index contributed by atoms with van der Waals surface area (Å²) in [6.45, 7) is 9.03. The molecule has 1 fully saturated rings. The minimum absolute atomic E-state index is 0.205. The van der Waals surface area contributed by atoms with Crippen molar-refractivity contribution in [3.05, 3.63) is 96.1 Å². The Hall–Kier alpha value is -4.94. The van der Waals surface area contributed by atoms with E-state index < -0.39 is 0 Å².